The zero-order valence-electron chi connectivity index (χ0n) is 14.2. The highest BCUT2D eigenvalue weighted by Gasteiger charge is 2.38. The second-order valence-corrected chi connectivity index (χ2v) is 7.00. The molecule has 1 aliphatic carbocycles. The van der Waals surface area contributed by atoms with Gasteiger partial charge in [-0.3, -0.25) is 14.7 Å². The van der Waals surface area contributed by atoms with Gasteiger partial charge in [-0.25, -0.2) is 0 Å². The van der Waals surface area contributed by atoms with Crippen molar-refractivity contribution in [3.8, 4) is 0 Å². The summed E-state index contributed by atoms with van der Waals surface area (Å²) in [5.74, 6) is 0.346. The topological polar surface area (TPSA) is 53.5 Å². The number of aryl methyl sites for hydroxylation is 2. The minimum atomic E-state index is 0.101. The van der Waals surface area contributed by atoms with Gasteiger partial charge in [0, 0.05) is 54.6 Å². The summed E-state index contributed by atoms with van der Waals surface area (Å²) in [4.78, 5) is 32.3. The van der Waals surface area contributed by atoms with Crippen LogP contribution in [0.15, 0.2) is 12.1 Å². The molecule has 0 radical (unpaired) electrons. The summed E-state index contributed by atoms with van der Waals surface area (Å²) >= 11 is 0. The normalized spacial score (nSPS) is 28.3. The number of aromatic nitrogens is 1. The maximum absolute atomic E-state index is 12.7. The summed E-state index contributed by atoms with van der Waals surface area (Å²) in [6.07, 6.45) is 3.03. The summed E-state index contributed by atoms with van der Waals surface area (Å²) < 4.78 is 0. The van der Waals surface area contributed by atoms with Crippen molar-refractivity contribution in [3.05, 3.63) is 29.1 Å². The number of hydrogen-bond donors (Lipinski definition) is 0. The van der Waals surface area contributed by atoms with Crippen molar-refractivity contribution in [1.29, 1.82) is 0 Å². The molecule has 23 heavy (non-hydrogen) atoms. The van der Waals surface area contributed by atoms with Crippen LogP contribution in [0.3, 0.4) is 0 Å². The number of hydrogen-bond acceptors (Lipinski definition) is 4. The lowest BCUT2D eigenvalue weighted by atomic mass is 9.79. The van der Waals surface area contributed by atoms with Crippen LogP contribution in [0, 0.1) is 19.8 Å². The summed E-state index contributed by atoms with van der Waals surface area (Å²) in [6.45, 7) is 8.42. The van der Waals surface area contributed by atoms with Gasteiger partial charge in [0.25, 0.3) is 5.91 Å². The molecule has 5 heteroatoms. The number of aldehydes is 1. The molecule has 0 spiro atoms. The maximum Gasteiger partial charge on any atom is 0.254 e. The predicted molar refractivity (Wildman–Crippen MR) is 88.4 cm³/mol. The van der Waals surface area contributed by atoms with E-state index < -0.39 is 0 Å². The molecule has 1 unspecified atom stereocenters. The fourth-order valence-corrected chi connectivity index (χ4v) is 3.85. The minimum Gasteiger partial charge on any atom is -0.336 e. The Bertz CT molecular complexity index is 590. The van der Waals surface area contributed by atoms with Crippen LogP contribution in [0.1, 0.15) is 41.5 Å². The summed E-state index contributed by atoms with van der Waals surface area (Å²) in [6, 6.07) is 4.59. The van der Waals surface area contributed by atoms with Gasteiger partial charge in [0.15, 0.2) is 0 Å². The standard InChI is InChI=1S/C18H25N3O2/c1-12-6-16(7-13(2)19-12)18(23)20-4-5-21(14(3)10-20)17-8-15(9-17)11-22/h6-7,11,14-15,17H,4-5,8-10H2,1-3H3. The molecule has 1 saturated heterocycles. The van der Waals surface area contributed by atoms with Gasteiger partial charge in [0.05, 0.1) is 0 Å². The van der Waals surface area contributed by atoms with Gasteiger partial charge in [-0.2, -0.15) is 0 Å². The average molecular weight is 315 g/mol. The van der Waals surface area contributed by atoms with Crippen molar-refractivity contribution in [2.24, 2.45) is 5.92 Å². The zero-order chi connectivity index (χ0) is 16.6. The van der Waals surface area contributed by atoms with Crippen molar-refractivity contribution >= 4 is 12.2 Å². The highest BCUT2D eigenvalue weighted by Crippen LogP contribution is 2.32. The van der Waals surface area contributed by atoms with Gasteiger partial charge < -0.3 is 9.69 Å². The molecule has 2 aliphatic rings. The second kappa shape index (κ2) is 6.40. The zero-order valence-corrected chi connectivity index (χ0v) is 14.2. The van der Waals surface area contributed by atoms with E-state index in [0.717, 1.165) is 55.7 Å². The number of carbonyl (C=O) groups excluding carboxylic acids is 2. The van der Waals surface area contributed by atoms with Crippen LogP contribution < -0.4 is 0 Å². The Balaban J connectivity index is 1.63. The van der Waals surface area contributed by atoms with E-state index in [2.05, 4.69) is 16.8 Å². The Morgan fingerprint density at radius 2 is 1.87 bits per heavy atom. The van der Waals surface area contributed by atoms with E-state index in [1.165, 1.54) is 0 Å². The summed E-state index contributed by atoms with van der Waals surface area (Å²) in [7, 11) is 0. The lowest BCUT2D eigenvalue weighted by Crippen LogP contribution is -2.59. The highest BCUT2D eigenvalue weighted by molar-refractivity contribution is 5.94. The van der Waals surface area contributed by atoms with Gasteiger partial charge >= 0.3 is 0 Å². The van der Waals surface area contributed by atoms with Crippen molar-refractivity contribution in [1.82, 2.24) is 14.8 Å². The predicted octanol–water partition coefficient (Wildman–Crippen LogP) is 1.82. The molecule has 1 saturated carbocycles. The number of carbonyl (C=O) groups is 2. The van der Waals surface area contributed by atoms with E-state index in [9.17, 15) is 9.59 Å². The third kappa shape index (κ3) is 3.29. The first-order valence-electron chi connectivity index (χ1n) is 8.43. The Morgan fingerprint density at radius 3 is 2.43 bits per heavy atom. The number of pyridine rings is 1. The second-order valence-electron chi connectivity index (χ2n) is 7.00. The van der Waals surface area contributed by atoms with Crippen LogP contribution in [0.2, 0.25) is 0 Å². The monoisotopic (exact) mass is 315 g/mol. The quantitative estimate of drug-likeness (QED) is 0.799. The number of nitrogens with zero attached hydrogens (tertiary/aromatic N) is 3. The average Bonchev–Trinajstić information content (AvgIpc) is 2.46. The third-order valence-corrected chi connectivity index (χ3v) is 5.11. The highest BCUT2D eigenvalue weighted by atomic mass is 16.2. The van der Waals surface area contributed by atoms with Crippen molar-refractivity contribution in [2.45, 2.75) is 45.7 Å². The number of amides is 1. The molecular weight excluding hydrogens is 290 g/mol. The first-order chi connectivity index (χ1) is 11.0. The van der Waals surface area contributed by atoms with Gasteiger partial charge in [-0.05, 0) is 45.7 Å². The van der Waals surface area contributed by atoms with E-state index in [-0.39, 0.29) is 11.8 Å². The van der Waals surface area contributed by atoms with Crippen molar-refractivity contribution < 1.29 is 9.59 Å². The molecule has 0 aromatic carbocycles. The number of piperazine rings is 1. The van der Waals surface area contributed by atoms with E-state index in [4.69, 9.17) is 0 Å². The van der Waals surface area contributed by atoms with E-state index in [1.807, 2.05) is 30.9 Å². The van der Waals surface area contributed by atoms with Gasteiger partial charge in [0.2, 0.25) is 0 Å². The van der Waals surface area contributed by atoms with Crippen molar-refractivity contribution in [2.75, 3.05) is 19.6 Å². The van der Waals surface area contributed by atoms with E-state index >= 15 is 0 Å². The van der Waals surface area contributed by atoms with Gasteiger partial charge in [-0.15, -0.1) is 0 Å². The molecule has 5 nitrogen and oxygen atoms in total. The lowest BCUT2D eigenvalue weighted by Gasteiger charge is -2.48. The SMILES string of the molecule is Cc1cc(C(=O)N2CCN(C3CC(C=O)C3)C(C)C2)cc(C)n1. The minimum absolute atomic E-state index is 0.101. The molecule has 1 amide bonds. The van der Waals surface area contributed by atoms with Crippen LogP contribution in [-0.2, 0) is 4.79 Å². The first kappa shape index (κ1) is 16.1. The molecule has 1 aromatic heterocycles. The van der Waals surface area contributed by atoms with Crippen LogP contribution in [0.5, 0.6) is 0 Å². The molecule has 0 N–H and O–H groups in total. The molecular formula is C18H25N3O2. The van der Waals surface area contributed by atoms with Crippen LogP contribution in [-0.4, -0.2) is 58.7 Å². The van der Waals surface area contributed by atoms with Crippen molar-refractivity contribution in [3.63, 3.8) is 0 Å². The molecule has 1 aromatic rings. The lowest BCUT2D eigenvalue weighted by molar-refractivity contribution is -0.116. The number of rotatable bonds is 3. The Morgan fingerprint density at radius 1 is 1.22 bits per heavy atom. The summed E-state index contributed by atoms with van der Waals surface area (Å²) in [5.41, 5.74) is 2.50. The van der Waals surface area contributed by atoms with Crippen LogP contribution in [0.4, 0.5) is 0 Å². The van der Waals surface area contributed by atoms with E-state index in [0.29, 0.717) is 12.1 Å². The Labute approximate surface area is 137 Å². The van der Waals surface area contributed by atoms with Crippen LogP contribution in [0.25, 0.3) is 0 Å². The van der Waals surface area contributed by atoms with Gasteiger partial charge in [-0.1, -0.05) is 0 Å². The Kier molecular flexibility index (Phi) is 4.48. The first-order valence-corrected chi connectivity index (χ1v) is 8.43. The molecule has 1 aliphatic heterocycles. The smallest absolute Gasteiger partial charge is 0.254 e. The van der Waals surface area contributed by atoms with Gasteiger partial charge in [0.1, 0.15) is 6.29 Å². The maximum atomic E-state index is 12.7. The van der Waals surface area contributed by atoms with Crippen LogP contribution >= 0.6 is 0 Å². The fourth-order valence-electron chi connectivity index (χ4n) is 3.85. The molecule has 2 fully saturated rings. The molecule has 1 atom stereocenters. The molecule has 2 heterocycles. The third-order valence-electron chi connectivity index (χ3n) is 5.11. The molecule has 124 valence electrons. The largest absolute Gasteiger partial charge is 0.336 e. The molecule has 0 bridgehead atoms. The van der Waals surface area contributed by atoms with E-state index in [1.54, 1.807) is 0 Å². The fraction of sp³-hybridized carbons (Fsp3) is 0.611. The summed E-state index contributed by atoms with van der Waals surface area (Å²) in [5, 5.41) is 0. The molecule has 3 rings (SSSR count). The Hall–Kier alpha value is -1.75.